The summed E-state index contributed by atoms with van der Waals surface area (Å²) in [7, 11) is 0. The number of rotatable bonds is 7. The van der Waals surface area contributed by atoms with Gasteiger partial charge in [0.05, 0.1) is 0 Å². The summed E-state index contributed by atoms with van der Waals surface area (Å²) in [6.45, 7) is 4.08. The highest BCUT2D eigenvalue weighted by Gasteiger charge is 2.08. The molecule has 0 saturated carbocycles. The maximum absolute atomic E-state index is 9.75. The number of unbranched alkanes of at least 4 members (excludes halogenated alkanes) is 5. The molecule has 0 fully saturated rings. The van der Waals surface area contributed by atoms with E-state index in [1.54, 1.807) is 12.1 Å². The first-order chi connectivity index (χ1) is 8.16. The Morgan fingerprint density at radius 3 is 2.18 bits per heavy atom. The molecule has 17 heavy (non-hydrogen) atoms. The second-order valence-corrected chi connectivity index (χ2v) is 4.73. The number of benzene rings is 1. The monoisotopic (exact) mass is 236 g/mol. The van der Waals surface area contributed by atoms with Gasteiger partial charge in [-0.25, -0.2) is 0 Å². The molecule has 0 aliphatic heterocycles. The van der Waals surface area contributed by atoms with Crippen LogP contribution < -0.4 is 0 Å². The van der Waals surface area contributed by atoms with E-state index in [0.717, 1.165) is 24.0 Å². The molecule has 0 amide bonds. The van der Waals surface area contributed by atoms with Crippen molar-refractivity contribution < 1.29 is 10.2 Å². The third-order valence-electron chi connectivity index (χ3n) is 3.33. The van der Waals surface area contributed by atoms with Crippen LogP contribution in [0, 0.1) is 6.92 Å². The molecule has 96 valence electrons. The van der Waals surface area contributed by atoms with Gasteiger partial charge in [0.25, 0.3) is 0 Å². The number of aromatic hydroxyl groups is 2. The summed E-state index contributed by atoms with van der Waals surface area (Å²) in [5, 5.41) is 19.3. The van der Waals surface area contributed by atoms with Crippen molar-refractivity contribution in [3.8, 4) is 11.5 Å². The van der Waals surface area contributed by atoms with Crippen molar-refractivity contribution in [1.29, 1.82) is 0 Å². The molecule has 2 heteroatoms. The van der Waals surface area contributed by atoms with Crippen molar-refractivity contribution in [2.45, 2.75) is 58.8 Å². The summed E-state index contributed by atoms with van der Waals surface area (Å²) >= 11 is 0. The first-order valence-corrected chi connectivity index (χ1v) is 6.67. The Bertz CT molecular complexity index is 345. The molecule has 0 bridgehead atoms. The fourth-order valence-electron chi connectivity index (χ4n) is 2.13. The Morgan fingerprint density at radius 1 is 0.882 bits per heavy atom. The summed E-state index contributed by atoms with van der Waals surface area (Å²) in [6.07, 6.45) is 8.31. The fraction of sp³-hybridized carbons (Fsp3) is 0.600. The zero-order valence-electron chi connectivity index (χ0n) is 11.0. The standard InChI is InChI=1S/C15H24O2/c1-3-4-5-6-7-8-9-13-12(2)14(16)10-11-15(13)17/h10-11,16-17H,3-9H2,1-2H3. The van der Waals surface area contributed by atoms with Gasteiger partial charge in [-0.05, 0) is 37.5 Å². The van der Waals surface area contributed by atoms with Crippen LogP contribution in [0.3, 0.4) is 0 Å². The zero-order chi connectivity index (χ0) is 12.7. The second-order valence-electron chi connectivity index (χ2n) is 4.73. The average Bonchev–Trinajstić information content (AvgIpc) is 2.32. The molecule has 0 radical (unpaired) electrons. The highest BCUT2D eigenvalue weighted by Crippen LogP contribution is 2.29. The topological polar surface area (TPSA) is 40.5 Å². The average molecular weight is 236 g/mol. The summed E-state index contributed by atoms with van der Waals surface area (Å²) in [6, 6.07) is 3.13. The summed E-state index contributed by atoms with van der Waals surface area (Å²) in [4.78, 5) is 0. The Kier molecular flexibility index (Phi) is 5.88. The van der Waals surface area contributed by atoms with Crippen LogP contribution in [0.1, 0.15) is 56.6 Å². The highest BCUT2D eigenvalue weighted by molar-refractivity contribution is 5.46. The van der Waals surface area contributed by atoms with E-state index in [1.165, 1.54) is 32.1 Å². The maximum Gasteiger partial charge on any atom is 0.119 e. The molecule has 0 aliphatic carbocycles. The molecule has 0 heterocycles. The minimum Gasteiger partial charge on any atom is -0.508 e. The van der Waals surface area contributed by atoms with Crippen LogP contribution in [0.4, 0.5) is 0 Å². The van der Waals surface area contributed by atoms with Crippen molar-refractivity contribution in [3.05, 3.63) is 23.3 Å². The first-order valence-electron chi connectivity index (χ1n) is 6.67. The Morgan fingerprint density at radius 2 is 1.47 bits per heavy atom. The second kappa shape index (κ2) is 7.21. The van der Waals surface area contributed by atoms with Crippen LogP contribution in [-0.2, 0) is 6.42 Å². The largest absolute Gasteiger partial charge is 0.508 e. The number of hydrogen-bond acceptors (Lipinski definition) is 2. The van der Waals surface area contributed by atoms with Gasteiger partial charge < -0.3 is 10.2 Å². The molecule has 0 saturated heterocycles. The number of phenols is 2. The van der Waals surface area contributed by atoms with Crippen molar-refractivity contribution in [3.63, 3.8) is 0 Å². The Labute approximate surface area is 104 Å². The van der Waals surface area contributed by atoms with Gasteiger partial charge in [0, 0.05) is 5.56 Å². The molecule has 1 aromatic carbocycles. The van der Waals surface area contributed by atoms with E-state index in [1.807, 2.05) is 6.92 Å². The predicted molar refractivity (Wildman–Crippen MR) is 71.6 cm³/mol. The lowest BCUT2D eigenvalue weighted by Gasteiger charge is -2.09. The van der Waals surface area contributed by atoms with Gasteiger partial charge in [-0.3, -0.25) is 0 Å². The molecular weight excluding hydrogens is 212 g/mol. The molecular formula is C15H24O2. The molecule has 2 nitrogen and oxygen atoms in total. The van der Waals surface area contributed by atoms with Gasteiger partial charge in [0.15, 0.2) is 0 Å². The van der Waals surface area contributed by atoms with Gasteiger partial charge in [-0.2, -0.15) is 0 Å². The summed E-state index contributed by atoms with van der Waals surface area (Å²) in [5.74, 6) is 0.595. The third-order valence-corrected chi connectivity index (χ3v) is 3.33. The van der Waals surface area contributed by atoms with Crippen LogP contribution in [0.25, 0.3) is 0 Å². The van der Waals surface area contributed by atoms with Crippen molar-refractivity contribution in [1.82, 2.24) is 0 Å². The van der Waals surface area contributed by atoms with Gasteiger partial charge in [0.2, 0.25) is 0 Å². The minimum atomic E-state index is 0.281. The molecule has 2 N–H and O–H groups in total. The van der Waals surface area contributed by atoms with Crippen molar-refractivity contribution >= 4 is 0 Å². The van der Waals surface area contributed by atoms with Crippen LogP contribution in [0.15, 0.2) is 12.1 Å². The molecule has 0 unspecified atom stereocenters. The van der Waals surface area contributed by atoms with E-state index in [0.29, 0.717) is 5.75 Å². The first kappa shape index (κ1) is 13.9. The summed E-state index contributed by atoms with van der Waals surface area (Å²) < 4.78 is 0. The Hall–Kier alpha value is -1.18. The van der Waals surface area contributed by atoms with Crippen molar-refractivity contribution in [2.24, 2.45) is 0 Å². The number of phenolic OH excluding ortho intramolecular Hbond substituents is 2. The van der Waals surface area contributed by atoms with Gasteiger partial charge in [-0.1, -0.05) is 39.0 Å². The van der Waals surface area contributed by atoms with Gasteiger partial charge in [-0.15, -0.1) is 0 Å². The van der Waals surface area contributed by atoms with E-state index in [9.17, 15) is 10.2 Å². The Balaban J connectivity index is 2.39. The van der Waals surface area contributed by atoms with E-state index >= 15 is 0 Å². The van der Waals surface area contributed by atoms with E-state index in [-0.39, 0.29) is 5.75 Å². The maximum atomic E-state index is 9.75. The quantitative estimate of drug-likeness (QED) is 0.547. The van der Waals surface area contributed by atoms with Gasteiger partial charge >= 0.3 is 0 Å². The smallest absolute Gasteiger partial charge is 0.119 e. The van der Waals surface area contributed by atoms with E-state index in [4.69, 9.17) is 0 Å². The normalized spacial score (nSPS) is 10.7. The molecule has 0 spiro atoms. The zero-order valence-corrected chi connectivity index (χ0v) is 11.0. The SMILES string of the molecule is CCCCCCCCc1c(O)ccc(O)c1C. The molecule has 0 aromatic heterocycles. The molecule has 0 aliphatic rings. The lowest BCUT2D eigenvalue weighted by Crippen LogP contribution is -1.92. The highest BCUT2D eigenvalue weighted by atomic mass is 16.3. The molecule has 0 atom stereocenters. The van der Waals surface area contributed by atoms with Gasteiger partial charge in [0.1, 0.15) is 11.5 Å². The number of hydrogen-bond donors (Lipinski definition) is 2. The third kappa shape index (κ3) is 4.29. The van der Waals surface area contributed by atoms with Crippen molar-refractivity contribution in [2.75, 3.05) is 0 Å². The van der Waals surface area contributed by atoms with E-state index < -0.39 is 0 Å². The van der Waals surface area contributed by atoms with E-state index in [2.05, 4.69) is 6.92 Å². The summed E-state index contributed by atoms with van der Waals surface area (Å²) in [5.41, 5.74) is 1.72. The predicted octanol–water partition coefficient (Wildman–Crippen LogP) is 4.31. The fourth-order valence-corrected chi connectivity index (χ4v) is 2.13. The lowest BCUT2D eigenvalue weighted by atomic mass is 9.99. The molecule has 1 aromatic rings. The van der Waals surface area contributed by atoms with Crippen LogP contribution in [0.2, 0.25) is 0 Å². The van der Waals surface area contributed by atoms with Crippen LogP contribution in [0.5, 0.6) is 11.5 Å². The lowest BCUT2D eigenvalue weighted by molar-refractivity contribution is 0.448. The van der Waals surface area contributed by atoms with Crippen LogP contribution >= 0.6 is 0 Å². The molecule has 1 rings (SSSR count). The van der Waals surface area contributed by atoms with Crippen LogP contribution in [-0.4, -0.2) is 10.2 Å². The minimum absolute atomic E-state index is 0.281.